The summed E-state index contributed by atoms with van der Waals surface area (Å²) in [5.41, 5.74) is 4.54. The van der Waals surface area contributed by atoms with Gasteiger partial charge in [0, 0.05) is 31.4 Å². The highest BCUT2D eigenvalue weighted by Crippen LogP contribution is 2.08. The van der Waals surface area contributed by atoms with Gasteiger partial charge in [-0.25, -0.2) is 4.79 Å². The number of carbonyl (C=O) groups is 1. The number of nitrogens with one attached hydrogen (secondary N) is 1. The second-order valence-corrected chi connectivity index (χ2v) is 6.69. The zero-order valence-corrected chi connectivity index (χ0v) is 15.9. The Bertz CT molecular complexity index is 873. The van der Waals surface area contributed by atoms with E-state index >= 15 is 0 Å². The molecule has 140 valence electrons. The van der Waals surface area contributed by atoms with Crippen LogP contribution in [0.25, 0.3) is 0 Å². The Labute approximate surface area is 160 Å². The lowest BCUT2D eigenvalue weighted by Gasteiger charge is -2.21. The highest BCUT2D eigenvalue weighted by Gasteiger charge is 2.12. The molecule has 0 aliphatic heterocycles. The fraction of sp³-hybridized carbons (Fsp3) is 0.273. The van der Waals surface area contributed by atoms with E-state index in [1.807, 2.05) is 47.0 Å². The van der Waals surface area contributed by atoms with E-state index in [0.29, 0.717) is 19.6 Å². The maximum atomic E-state index is 12.5. The predicted octanol–water partition coefficient (Wildman–Crippen LogP) is 3.97. The van der Waals surface area contributed by atoms with Crippen molar-refractivity contribution < 1.29 is 4.79 Å². The zero-order chi connectivity index (χ0) is 19.1. The summed E-state index contributed by atoms with van der Waals surface area (Å²) < 4.78 is 1.89. The first-order chi connectivity index (χ1) is 13.1. The number of nitrogens with zero attached hydrogens (tertiary/aromatic N) is 3. The van der Waals surface area contributed by atoms with Crippen LogP contribution in [0.4, 0.5) is 4.79 Å². The van der Waals surface area contributed by atoms with Crippen LogP contribution in [-0.4, -0.2) is 27.3 Å². The van der Waals surface area contributed by atoms with E-state index in [9.17, 15) is 4.79 Å². The minimum Gasteiger partial charge on any atom is -0.334 e. The molecule has 0 unspecified atom stereocenters. The number of rotatable bonds is 7. The molecule has 1 N–H and O–H groups in total. The van der Waals surface area contributed by atoms with E-state index in [2.05, 4.69) is 47.7 Å². The molecule has 0 aliphatic carbocycles. The molecule has 1 heterocycles. The molecule has 0 saturated carbocycles. The van der Waals surface area contributed by atoms with Gasteiger partial charge in [-0.15, -0.1) is 0 Å². The lowest BCUT2D eigenvalue weighted by Crippen LogP contribution is -2.39. The molecule has 0 bridgehead atoms. The quantitative estimate of drug-likeness (QED) is 0.691. The van der Waals surface area contributed by atoms with E-state index in [1.165, 1.54) is 11.1 Å². The maximum absolute atomic E-state index is 12.5. The molecule has 2 amide bonds. The number of aromatic nitrogens is 2. The Kier molecular flexibility index (Phi) is 6.26. The molecule has 0 aliphatic rings. The minimum atomic E-state index is -0.0604. The SMILES string of the molecule is CCN(Cc1cccc(C)c1)C(=O)NCc1cnn(Cc2ccccc2)c1. The Balaban J connectivity index is 1.53. The van der Waals surface area contributed by atoms with Crippen LogP contribution in [0, 0.1) is 6.92 Å². The molecule has 3 aromatic rings. The Hall–Kier alpha value is -3.08. The third-order valence-corrected chi connectivity index (χ3v) is 4.44. The van der Waals surface area contributed by atoms with Crippen molar-refractivity contribution in [3.05, 3.63) is 89.2 Å². The third kappa shape index (κ3) is 5.45. The molecule has 3 rings (SSSR count). The second-order valence-electron chi connectivity index (χ2n) is 6.69. The van der Waals surface area contributed by atoms with Gasteiger partial charge in [0.1, 0.15) is 0 Å². The van der Waals surface area contributed by atoms with Gasteiger partial charge in [-0.05, 0) is 25.0 Å². The van der Waals surface area contributed by atoms with Crippen LogP contribution in [0.2, 0.25) is 0 Å². The van der Waals surface area contributed by atoms with Gasteiger partial charge in [-0.3, -0.25) is 4.68 Å². The molecule has 0 radical (unpaired) electrons. The topological polar surface area (TPSA) is 50.2 Å². The average Bonchev–Trinajstić information content (AvgIpc) is 3.12. The van der Waals surface area contributed by atoms with Crippen LogP contribution in [0.15, 0.2) is 67.0 Å². The number of hydrogen-bond acceptors (Lipinski definition) is 2. The molecule has 0 atom stereocenters. The third-order valence-electron chi connectivity index (χ3n) is 4.44. The number of carbonyl (C=O) groups excluding carboxylic acids is 1. The van der Waals surface area contributed by atoms with Gasteiger partial charge in [0.25, 0.3) is 0 Å². The van der Waals surface area contributed by atoms with Gasteiger partial charge in [-0.2, -0.15) is 5.10 Å². The molecule has 1 aromatic heterocycles. The molecule has 0 spiro atoms. The highest BCUT2D eigenvalue weighted by atomic mass is 16.2. The second kappa shape index (κ2) is 9.03. The van der Waals surface area contributed by atoms with Crippen molar-refractivity contribution in [2.75, 3.05) is 6.54 Å². The smallest absolute Gasteiger partial charge is 0.317 e. The van der Waals surface area contributed by atoms with Gasteiger partial charge in [0.2, 0.25) is 0 Å². The summed E-state index contributed by atoms with van der Waals surface area (Å²) in [5.74, 6) is 0. The first kappa shape index (κ1) is 18.7. The molecule has 5 heteroatoms. The van der Waals surface area contributed by atoms with Gasteiger partial charge < -0.3 is 10.2 Å². The van der Waals surface area contributed by atoms with E-state index < -0.39 is 0 Å². The summed E-state index contributed by atoms with van der Waals surface area (Å²) in [4.78, 5) is 14.3. The van der Waals surface area contributed by atoms with E-state index in [0.717, 1.165) is 17.7 Å². The molecule has 0 saturated heterocycles. The summed E-state index contributed by atoms with van der Waals surface area (Å²) in [5, 5.41) is 7.38. The lowest BCUT2D eigenvalue weighted by atomic mass is 10.1. The van der Waals surface area contributed by atoms with Crippen molar-refractivity contribution >= 4 is 6.03 Å². The van der Waals surface area contributed by atoms with Crippen LogP contribution < -0.4 is 5.32 Å². The summed E-state index contributed by atoms with van der Waals surface area (Å²) in [7, 11) is 0. The molecular weight excluding hydrogens is 336 g/mol. The highest BCUT2D eigenvalue weighted by molar-refractivity contribution is 5.74. The van der Waals surface area contributed by atoms with Gasteiger partial charge in [0.15, 0.2) is 0 Å². The fourth-order valence-corrected chi connectivity index (χ4v) is 3.00. The summed E-state index contributed by atoms with van der Waals surface area (Å²) >= 11 is 0. The van der Waals surface area contributed by atoms with Crippen LogP contribution in [0.5, 0.6) is 0 Å². The van der Waals surface area contributed by atoms with Crippen molar-refractivity contribution in [1.29, 1.82) is 0 Å². The van der Waals surface area contributed by atoms with Crippen LogP contribution in [0.1, 0.15) is 29.2 Å². The first-order valence-electron chi connectivity index (χ1n) is 9.27. The Morgan fingerprint density at radius 3 is 2.59 bits per heavy atom. The first-order valence-corrected chi connectivity index (χ1v) is 9.27. The molecular formula is C22H26N4O. The predicted molar refractivity (Wildman–Crippen MR) is 107 cm³/mol. The lowest BCUT2D eigenvalue weighted by molar-refractivity contribution is 0.197. The van der Waals surface area contributed by atoms with Crippen molar-refractivity contribution in [3.8, 4) is 0 Å². The number of urea groups is 1. The molecule has 0 fully saturated rings. The summed E-state index contributed by atoms with van der Waals surface area (Å²) in [6, 6.07) is 18.4. The minimum absolute atomic E-state index is 0.0604. The van der Waals surface area contributed by atoms with Crippen molar-refractivity contribution in [3.63, 3.8) is 0 Å². The maximum Gasteiger partial charge on any atom is 0.317 e. The number of hydrogen-bond donors (Lipinski definition) is 1. The average molecular weight is 362 g/mol. The fourth-order valence-electron chi connectivity index (χ4n) is 3.00. The summed E-state index contributed by atoms with van der Waals surface area (Å²) in [6.07, 6.45) is 3.78. The summed E-state index contributed by atoms with van der Waals surface area (Å²) in [6.45, 7) is 6.52. The number of benzene rings is 2. The zero-order valence-electron chi connectivity index (χ0n) is 15.9. The van der Waals surface area contributed by atoms with E-state index in [1.54, 1.807) is 6.20 Å². The number of amides is 2. The van der Waals surface area contributed by atoms with Crippen LogP contribution in [-0.2, 0) is 19.6 Å². The van der Waals surface area contributed by atoms with Gasteiger partial charge >= 0.3 is 6.03 Å². The van der Waals surface area contributed by atoms with Crippen molar-refractivity contribution in [2.45, 2.75) is 33.5 Å². The van der Waals surface area contributed by atoms with Crippen LogP contribution >= 0.6 is 0 Å². The van der Waals surface area contributed by atoms with Gasteiger partial charge in [0.05, 0.1) is 12.7 Å². The van der Waals surface area contributed by atoms with Gasteiger partial charge in [-0.1, -0.05) is 60.2 Å². The Morgan fingerprint density at radius 2 is 1.85 bits per heavy atom. The molecule has 5 nitrogen and oxygen atoms in total. The number of aryl methyl sites for hydroxylation is 1. The molecule has 27 heavy (non-hydrogen) atoms. The monoisotopic (exact) mass is 362 g/mol. The van der Waals surface area contributed by atoms with Crippen molar-refractivity contribution in [2.24, 2.45) is 0 Å². The van der Waals surface area contributed by atoms with E-state index in [-0.39, 0.29) is 6.03 Å². The van der Waals surface area contributed by atoms with Crippen molar-refractivity contribution in [1.82, 2.24) is 20.0 Å². The normalized spacial score (nSPS) is 10.6. The molecule has 2 aromatic carbocycles. The van der Waals surface area contributed by atoms with E-state index in [4.69, 9.17) is 0 Å². The Morgan fingerprint density at radius 1 is 1.07 bits per heavy atom. The standard InChI is InChI=1S/C22H26N4O/c1-3-25(15-20-11-7-8-18(2)12-20)22(27)23-13-21-14-24-26(17-21)16-19-9-5-4-6-10-19/h4-12,14,17H,3,13,15-16H2,1-2H3,(H,23,27). The largest absolute Gasteiger partial charge is 0.334 e. The van der Waals surface area contributed by atoms with Crippen LogP contribution in [0.3, 0.4) is 0 Å².